The lowest BCUT2D eigenvalue weighted by molar-refractivity contribution is 0.0950. The van der Waals surface area contributed by atoms with Crippen molar-refractivity contribution in [3.63, 3.8) is 0 Å². The van der Waals surface area contributed by atoms with Gasteiger partial charge in [0.05, 0.1) is 0 Å². The number of carbonyl (C=O) groups excluding carboxylic acids is 1. The molecule has 0 aliphatic heterocycles. The summed E-state index contributed by atoms with van der Waals surface area (Å²) in [5.41, 5.74) is 3.92. The summed E-state index contributed by atoms with van der Waals surface area (Å²) in [6, 6.07) is 9.24. The van der Waals surface area contributed by atoms with E-state index in [0.717, 1.165) is 16.8 Å². The predicted octanol–water partition coefficient (Wildman–Crippen LogP) is 2.82. The molecule has 1 heterocycles. The minimum atomic E-state index is -0.198. The first-order valence-corrected chi connectivity index (χ1v) is 8.07. The van der Waals surface area contributed by atoms with Gasteiger partial charge in [-0.3, -0.25) is 4.79 Å². The molecule has 0 aliphatic carbocycles. The van der Waals surface area contributed by atoms with Gasteiger partial charge < -0.3 is 15.5 Å². The van der Waals surface area contributed by atoms with Gasteiger partial charge >= 0.3 is 0 Å². The fourth-order valence-electron chi connectivity index (χ4n) is 2.66. The van der Waals surface area contributed by atoms with Crippen LogP contribution in [0.1, 0.15) is 52.0 Å². The zero-order valence-corrected chi connectivity index (χ0v) is 14.3. The van der Waals surface area contributed by atoms with Crippen molar-refractivity contribution in [1.29, 1.82) is 0 Å². The summed E-state index contributed by atoms with van der Waals surface area (Å²) in [7, 11) is 0. The summed E-state index contributed by atoms with van der Waals surface area (Å²) in [5, 5.41) is 21.7. The second-order valence-corrected chi connectivity index (χ2v) is 6.10. The average molecular weight is 328 g/mol. The van der Waals surface area contributed by atoms with Crippen molar-refractivity contribution in [2.24, 2.45) is 0 Å². The van der Waals surface area contributed by atoms with Gasteiger partial charge in [0, 0.05) is 30.0 Å². The number of aliphatic hydroxyl groups is 1. The quantitative estimate of drug-likeness (QED) is 0.761. The molecular weight excluding hydrogens is 304 g/mol. The van der Waals surface area contributed by atoms with Crippen LogP contribution in [0, 0.1) is 13.8 Å². The fraction of sp³-hybridized carbons (Fsp3) is 0.368. The van der Waals surface area contributed by atoms with Gasteiger partial charge in [0.1, 0.15) is 0 Å². The van der Waals surface area contributed by atoms with Crippen LogP contribution < -0.4 is 5.32 Å². The van der Waals surface area contributed by atoms with E-state index in [-0.39, 0.29) is 30.9 Å². The number of aryl methyl sites for hydroxylation is 2. The minimum Gasteiger partial charge on any atom is -0.493 e. The first-order chi connectivity index (χ1) is 11.4. The standard InChI is InChI=1S/C19H24N2O3/c1-12(8-9-22)15-4-6-16(7-5-15)18(23)20-11-17-13(2)10-14(3)21-19(17)24/h4-7,10,12,22H,8-9,11H2,1-3H3,(H,20,23)(H,21,24). The van der Waals surface area contributed by atoms with Gasteiger partial charge in [0.25, 0.3) is 5.91 Å². The van der Waals surface area contributed by atoms with Crippen LogP contribution in [-0.4, -0.2) is 27.7 Å². The van der Waals surface area contributed by atoms with Crippen molar-refractivity contribution in [3.8, 4) is 5.88 Å². The Balaban J connectivity index is 2.03. The summed E-state index contributed by atoms with van der Waals surface area (Å²) in [5.74, 6) is 0.0158. The molecule has 0 fully saturated rings. The molecule has 128 valence electrons. The molecule has 1 unspecified atom stereocenters. The Morgan fingerprint density at radius 3 is 2.50 bits per heavy atom. The monoisotopic (exact) mass is 328 g/mol. The molecule has 0 saturated carbocycles. The first kappa shape index (κ1) is 17.9. The maximum atomic E-state index is 12.3. The van der Waals surface area contributed by atoms with Gasteiger partial charge in [0.2, 0.25) is 5.88 Å². The van der Waals surface area contributed by atoms with E-state index in [1.807, 2.05) is 39.0 Å². The number of hydrogen-bond donors (Lipinski definition) is 3. The molecule has 1 aromatic heterocycles. The van der Waals surface area contributed by atoms with Gasteiger partial charge in [-0.15, -0.1) is 0 Å². The molecule has 0 saturated heterocycles. The highest BCUT2D eigenvalue weighted by Crippen LogP contribution is 2.20. The number of aliphatic hydroxyl groups excluding tert-OH is 1. The number of rotatable bonds is 6. The number of amides is 1. The fourth-order valence-corrected chi connectivity index (χ4v) is 2.66. The Bertz CT molecular complexity index is 688. The van der Waals surface area contributed by atoms with Crippen molar-refractivity contribution in [1.82, 2.24) is 10.3 Å². The molecule has 1 aromatic carbocycles. The summed E-state index contributed by atoms with van der Waals surface area (Å²) in [4.78, 5) is 16.3. The van der Waals surface area contributed by atoms with Gasteiger partial charge in [-0.25, -0.2) is 4.98 Å². The topological polar surface area (TPSA) is 82.5 Å². The third kappa shape index (κ3) is 4.32. The van der Waals surface area contributed by atoms with Crippen molar-refractivity contribution < 1.29 is 15.0 Å². The van der Waals surface area contributed by atoms with Crippen molar-refractivity contribution in [2.45, 2.75) is 39.7 Å². The van der Waals surface area contributed by atoms with Crippen LogP contribution in [0.2, 0.25) is 0 Å². The molecule has 5 nitrogen and oxygen atoms in total. The Labute approximate surface area is 142 Å². The van der Waals surface area contributed by atoms with Crippen molar-refractivity contribution >= 4 is 5.91 Å². The largest absolute Gasteiger partial charge is 0.493 e. The second-order valence-electron chi connectivity index (χ2n) is 6.10. The molecule has 2 rings (SSSR count). The van der Waals surface area contributed by atoms with E-state index in [2.05, 4.69) is 10.3 Å². The van der Waals surface area contributed by atoms with E-state index in [1.54, 1.807) is 12.1 Å². The Morgan fingerprint density at radius 2 is 1.92 bits per heavy atom. The lowest BCUT2D eigenvalue weighted by Crippen LogP contribution is -2.23. The highest BCUT2D eigenvalue weighted by Gasteiger charge is 2.12. The molecular formula is C19H24N2O3. The van der Waals surface area contributed by atoms with E-state index in [9.17, 15) is 9.90 Å². The van der Waals surface area contributed by atoms with Gasteiger partial charge in [-0.1, -0.05) is 19.1 Å². The van der Waals surface area contributed by atoms with Gasteiger partial charge in [-0.05, 0) is 55.5 Å². The Morgan fingerprint density at radius 1 is 1.25 bits per heavy atom. The van der Waals surface area contributed by atoms with Crippen LogP contribution in [-0.2, 0) is 6.54 Å². The number of hydrogen-bond acceptors (Lipinski definition) is 4. The number of aromatic hydroxyl groups is 1. The van der Waals surface area contributed by atoms with Crippen LogP contribution in [0.3, 0.4) is 0 Å². The van der Waals surface area contributed by atoms with Crippen molar-refractivity contribution in [3.05, 3.63) is 58.3 Å². The van der Waals surface area contributed by atoms with E-state index >= 15 is 0 Å². The van der Waals surface area contributed by atoms with Crippen LogP contribution in [0.4, 0.5) is 0 Å². The maximum absolute atomic E-state index is 12.3. The molecule has 0 bridgehead atoms. The molecule has 2 aromatic rings. The normalized spacial score (nSPS) is 12.0. The molecule has 0 radical (unpaired) electrons. The lowest BCUT2D eigenvalue weighted by atomic mass is 9.97. The van der Waals surface area contributed by atoms with E-state index in [1.165, 1.54) is 0 Å². The lowest BCUT2D eigenvalue weighted by Gasteiger charge is -2.12. The highest BCUT2D eigenvalue weighted by molar-refractivity contribution is 5.94. The van der Waals surface area contributed by atoms with Crippen LogP contribution in [0.25, 0.3) is 0 Å². The summed E-state index contributed by atoms with van der Waals surface area (Å²) < 4.78 is 0. The predicted molar refractivity (Wildman–Crippen MR) is 93.1 cm³/mol. The number of carbonyl (C=O) groups is 1. The number of pyridine rings is 1. The average Bonchev–Trinajstić information content (AvgIpc) is 2.54. The van der Waals surface area contributed by atoms with Crippen LogP contribution >= 0.6 is 0 Å². The van der Waals surface area contributed by atoms with Crippen LogP contribution in [0.15, 0.2) is 30.3 Å². The van der Waals surface area contributed by atoms with Crippen molar-refractivity contribution in [2.75, 3.05) is 6.61 Å². The Hall–Kier alpha value is -2.40. The number of nitrogens with one attached hydrogen (secondary N) is 1. The van der Waals surface area contributed by atoms with E-state index in [0.29, 0.717) is 17.5 Å². The second kappa shape index (κ2) is 7.93. The minimum absolute atomic E-state index is 0.0408. The SMILES string of the molecule is Cc1cc(C)c(CNC(=O)c2ccc(C(C)CCO)cc2)c(O)n1. The molecule has 1 atom stereocenters. The number of benzene rings is 1. The van der Waals surface area contributed by atoms with E-state index < -0.39 is 0 Å². The highest BCUT2D eigenvalue weighted by atomic mass is 16.3. The number of aromatic nitrogens is 1. The summed E-state index contributed by atoms with van der Waals surface area (Å²) in [6.45, 7) is 6.12. The zero-order chi connectivity index (χ0) is 17.7. The molecule has 0 aliphatic rings. The van der Waals surface area contributed by atoms with E-state index in [4.69, 9.17) is 5.11 Å². The zero-order valence-electron chi connectivity index (χ0n) is 14.3. The summed E-state index contributed by atoms with van der Waals surface area (Å²) in [6.07, 6.45) is 0.699. The van der Waals surface area contributed by atoms with Crippen LogP contribution in [0.5, 0.6) is 5.88 Å². The maximum Gasteiger partial charge on any atom is 0.251 e. The first-order valence-electron chi connectivity index (χ1n) is 8.07. The van der Waals surface area contributed by atoms with Gasteiger partial charge in [0.15, 0.2) is 0 Å². The molecule has 5 heteroatoms. The Kier molecular flexibility index (Phi) is 5.93. The number of nitrogens with zero attached hydrogens (tertiary/aromatic N) is 1. The smallest absolute Gasteiger partial charge is 0.251 e. The third-order valence-electron chi connectivity index (χ3n) is 4.18. The third-order valence-corrected chi connectivity index (χ3v) is 4.18. The summed E-state index contributed by atoms with van der Waals surface area (Å²) >= 11 is 0. The molecule has 0 spiro atoms. The molecule has 3 N–H and O–H groups in total. The van der Waals surface area contributed by atoms with Gasteiger partial charge in [-0.2, -0.15) is 0 Å². The molecule has 1 amide bonds. The molecule has 24 heavy (non-hydrogen) atoms.